The van der Waals surface area contributed by atoms with Crippen LogP contribution in [0.3, 0.4) is 0 Å². The molecule has 0 aromatic carbocycles. The number of hydrogen-bond donors (Lipinski definition) is 2. The van der Waals surface area contributed by atoms with Crippen LogP contribution in [-0.2, 0) is 4.79 Å². The molecule has 3 rings (SSSR count). The predicted molar refractivity (Wildman–Crippen MR) is 99.3 cm³/mol. The Kier molecular flexibility index (Phi) is 5.61. The van der Waals surface area contributed by atoms with Crippen molar-refractivity contribution in [2.45, 2.75) is 19.9 Å². The van der Waals surface area contributed by atoms with E-state index in [1.165, 1.54) is 11.3 Å². The fourth-order valence-corrected chi connectivity index (χ4v) is 3.22. The highest BCUT2D eigenvalue weighted by Crippen LogP contribution is 2.14. The predicted octanol–water partition coefficient (Wildman–Crippen LogP) is 1.10. The Balaban J connectivity index is 1.47. The topological polar surface area (TPSA) is 103 Å². The third-order valence-electron chi connectivity index (χ3n) is 3.98. The van der Waals surface area contributed by atoms with Gasteiger partial charge in [-0.05, 0) is 19.9 Å². The molecule has 0 radical (unpaired) electrons. The number of nitrogens with zero attached hydrogens (tertiary/aromatic N) is 5. The molecule has 1 aliphatic rings. The number of hydrogen-bond acceptors (Lipinski definition) is 7. The molecule has 0 spiro atoms. The van der Waals surface area contributed by atoms with Gasteiger partial charge in [-0.2, -0.15) is 0 Å². The monoisotopic (exact) mass is 375 g/mol. The summed E-state index contributed by atoms with van der Waals surface area (Å²) in [6.07, 6.45) is 3.40. The van der Waals surface area contributed by atoms with Crippen molar-refractivity contribution in [3.8, 4) is 0 Å². The van der Waals surface area contributed by atoms with Crippen LogP contribution in [0.2, 0.25) is 0 Å². The lowest BCUT2D eigenvalue weighted by Gasteiger charge is -2.35. The van der Waals surface area contributed by atoms with Crippen molar-refractivity contribution >= 4 is 34.4 Å². The summed E-state index contributed by atoms with van der Waals surface area (Å²) in [5.74, 6) is 0.378. The van der Waals surface area contributed by atoms with Crippen molar-refractivity contribution in [1.29, 1.82) is 0 Å². The van der Waals surface area contributed by atoms with Crippen molar-refractivity contribution in [2.75, 3.05) is 36.4 Å². The third-order valence-corrected chi connectivity index (χ3v) is 4.86. The maximum atomic E-state index is 12.4. The lowest BCUT2D eigenvalue weighted by molar-refractivity contribution is -0.117. The maximum absolute atomic E-state index is 12.4. The molecule has 1 atom stereocenters. The Morgan fingerprint density at radius 1 is 1.19 bits per heavy atom. The third kappa shape index (κ3) is 4.45. The van der Waals surface area contributed by atoms with E-state index in [1.807, 2.05) is 17.2 Å². The first-order valence-corrected chi connectivity index (χ1v) is 9.21. The summed E-state index contributed by atoms with van der Waals surface area (Å²) in [4.78, 5) is 40.9. The van der Waals surface area contributed by atoms with E-state index < -0.39 is 6.04 Å². The van der Waals surface area contributed by atoms with Gasteiger partial charge in [0.25, 0.3) is 0 Å². The van der Waals surface area contributed by atoms with Crippen LogP contribution in [0.15, 0.2) is 23.8 Å². The number of carbonyl (C=O) groups excluding carboxylic acids is 2. The summed E-state index contributed by atoms with van der Waals surface area (Å²) in [5, 5.41) is 7.83. The number of thiazole rings is 1. The van der Waals surface area contributed by atoms with E-state index >= 15 is 0 Å². The van der Waals surface area contributed by atoms with Crippen LogP contribution in [-0.4, -0.2) is 64.0 Å². The minimum atomic E-state index is -0.651. The van der Waals surface area contributed by atoms with E-state index in [4.69, 9.17) is 0 Å². The number of piperazine rings is 1. The Morgan fingerprint density at radius 2 is 1.88 bits per heavy atom. The Hall–Kier alpha value is -2.75. The molecular formula is C16H21N7O2S. The molecule has 0 aliphatic carbocycles. The van der Waals surface area contributed by atoms with Gasteiger partial charge in [0.05, 0.1) is 5.69 Å². The largest absolute Gasteiger partial charge is 0.337 e. The van der Waals surface area contributed by atoms with Crippen molar-refractivity contribution < 1.29 is 9.59 Å². The molecule has 1 aliphatic heterocycles. The summed E-state index contributed by atoms with van der Waals surface area (Å²) < 4.78 is 0. The molecule has 26 heavy (non-hydrogen) atoms. The second kappa shape index (κ2) is 8.09. The Morgan fingerprint density at radius 3 is 2.50 bits per heavy atom. The van der Waals surface area contributed by atoms with Gasteiger partial charge in [0.1, 0.15) is 6.04 Å². The highest BCUT2D eigenvalue weighted by molar-refractivity contribution is 7.13. The molecule has 0 saturated carbocycles. The van der Waals surface area contributed by atoms with Crippen LogP contribution in [0.5, 0.6) is 0 Å². The van der Waals surface area contributed by atoms with Gasteiger partial charge in [0.2, 0.25) is 11.9 Å². The molecule has 2 N–H and O–H groups in total. The van der Waals surface area contributed by atoms with Crippen molar-refractivity contribution in [3.63, 3.8) is 0 Å². The molecule has 3 heterocycles. The molecule has 10 heteroatoms. The van der Waals surface area contributed by atoms with Gasteiger partial charge in [-0.3, -0.25) is 4.79 Å². The molecule has 9 nitrogen and oxygen atoms in total. The first-order valence-electron chi connectivity index (χ1n) is 8.33. The van der Waals surface area contributed by atoms with E-state index in [-0.39, 0.29) is 11.9 Å². The van der Waals surface area contributed by atoms with Gasteiger partial charge in [-0.1, -0.05) is 0 Å². The smallest absolute Gasteiger partial charge is 0.318 e. The molecule has 0 bridgehead atoms. The zero-order chi connectivity index (χ0) is 18.5. The highest BCUT2D eigenvalue weighted by atomic mass is 32.1. The van der Waals surface area contributed by atoms with Gasteiger partial charge in [-0.25, -0.2) is 19.7 Å². The normalized spacial score (nSPS) is 15.5. The number of urea groups is 1. The van der Waals surface area contributed by atoms with Gasteiger partial charge >= 0.3 is 6.03 Å². The van der Waals surface area contributed by atoms with E-state index in [0.29, 0.717) is 37.3 Å². The molecule has 1 saturated heterocycles. The minimum absolute atomic E-state index is 0.253. The lowest BCUT2D eigenvalue weighted by Crippen LogP contribution is -2.55. The fraction of sp³-hybridized carbons (Fsp3) is 0.438. The SMILES string of the molecule is Cc1csc(NC(=O)[C@@H](C)NC(=O)N2CCN(c3ncccn3)CC2)n1. The molecule has 138 valence electrons. The minimum Gasteiger partial charge on any atom is -0.337 e. The molecule has 2 aromatic heterocycles. The van der Waals surface area contributed by atoms with Crippen LogP contribution < -0.4 is 15.5 Å². The highest BCUT2D eigenvalue weighted by Gasteiger charge is 2.25. The summed E-state index contributed by atoms with van der Waals surface area (Å²) >= 11 is 1.36. The molecular weight excluding hydrogens is 354 g/mol. The van der Waals surface area contributed by atoms with Crippen LogP contribution in [0, 0.1) is 6.92 Å². The Bertz CT molecular complexity index is 759. The van der Waals surface area contributed by atoms with Gasteiger partial charge in [-0.15, -0.1) is 11.3 Å². The van der Waals surface area contributed by atoms with Gasteiger partial charge in [0.15, 0.2) is 5.13 Å². The quantitative estimate of drug-likeness (QED) is 0.829. The summed E-state index contributed by atoms with van der Waals surface area (Å²) in [6, 6.07) is 0.867. The number of rotatable bonds is 4. The second-order valence-corrected chi connectivity index (χ2v) is 6.84. The first kappa shape index (κ1) is 18.1. The van der Waals surface area contributed by atoms with Crippen LogP contribution in [0.1, 0.15) is 12.6 Å². The number of aromatic nitrogens is 3. The summed E-state index contributed by atoms with van der Waals surface area (Å²) in [7, 11) is 0. The fourth-order valence-electron chi connectivity index (χ4n) is 2.53. The summed E-state index contributed by atoms with van der Waals surface area (Å²) in [5.41, 5.74) is 0.849. The van der Waals surface area contributed by atoms with E-state index in [1.54, 1.807) is 30.3 Å². The standard InChI is InChI=1S/C16H21N7O2S/c1-11-10-26-15(19-11)21-13(24)12(2)20-16(25)23-8-6-22(7-9-23)14-17-4-3-5-18-14/h3-5,10,12H,6-9H2,1-2H3,(H,20,25)(H,19,21,24)/t12-/m1/s1. The van der Waals surface area contributed by atoms with Crippen LogP contribution in [0.4, 0.5) is 15.9 Å². The number of aryl methyl sites for hydroxylation is 1. The van der Waals surface area contributed by atoms with Gasteiger partial charge < -0.3 is 20.4 Å². The number of carbonyl (C=O) groups is 2. The van der Waals surface area contributed by atoms with Gasteiger partial charge in [0, 0.05) is 44.0 Å². The molecule has 1 fully saturated rings. The Labute approximate surface area is 155 Å². The molecule has 2 aromatic rings. The van der Waals surface area contributed by atoms with E-state index in [9.17, 15) is 9.59 Å². The van der Waals surface area contributed by atoms with Crippen LogP contribution in [0.25, 0.3) is 0 Å². The van der Waals surface area contributed by atoms with Crippen LogP contribution >= 0.6 is 11.3 Å². The lowest BCUT2D eigenvalue weighted by atomic mass is 10.3. The van der Waals surface area contributed by atoms with Crippen molar-refractivity contribution in [3.05, 3.63) is 29.5 Å². The number of amides is 3. The number of anilines is 2. The average molecular weight is 375 g/mol. The number of nitrogens with one attached hydrogen (secondary N) is 2. The first-order chi connectivity index (χ1) is 12.5. The molecule has 3 amide bonds. The van der Waals surface area contributed by atoms with E-state index in [0.717, 1.165) is 5.69 Å². The molecule has 0 unspecified atom stereocenters. The van der Waals surface area contributed by atoms with Crippen molar-refractivity contribution in [1.82, 2.24) is 25.2 Å². The van der Waals surface area contributed by atoms with Crippen molar-refractivity contribution in [2.24, 2.45) is 0 Å². The van der Waals surface area contributed by atoms with E-state index in [2.05, 4.69) is 25.6 Å². The second-order valence-electron chi connectivity index (χ2n) is 5.98. The average Bonchev–Trinajstić information content (AvgIpc) is 3.07. The maximum Gasteiger partial charge on any atom is 0.318 e. The summed E-state index contributed by atoms with van der Waals surface area (Å²) in [6.45, 7) is 5.90. The zero-order valence-corrected chi connectivity index (χ0v) is 15.5. The zero-order valence-electron chi connectivity index (χ0n) is 14.7.